The van der Waals surface area contributed by atoms with Crippen molar-refractivity contribution in [1.82, 2.24) is 15.0 Å². The number of aryl methyl sites for hydroxylation is 1. The first kappa shape index (κ1) is 27.3. The van der Waals surface area contributed by atoms with Crippen LogP contribution in [0, 0.1) is 10.1 Å². The van der Waals surface area contributed by atoms with Gasteiger partial charge >= 0.3 is 0 Å². The topological polar surface area (TPSA) is 121 Å². The summed E-state index contributed by atoms with van der Waals surface area (Å²) < 4.78 is 16.2. The molecule has 1 amide bonds. The van der Waals surface area contributed by atoms with E-state index in [2.05, 4.69) is 10.1 Å². The number of nitro groups is 1. The number of hydrogen-bond acceptors (Lipinski definition) is 8. The summed E-state index contributed by atoms with van der Waals surface area (Å²) in [5.74, 6) is 2.05. The number of carbonyl (C=O) groups excluding carboxylic acids is 1. The molecule has 0 N–H and O–H groups in total. The van der Waals surface area contributed by atoms with Crippen molar-refractivity contribution in [2.24, 2.45) is 0 Å². The van der Waals surface area contributed by atoms with Gasteiger partial charge < -0.3 is 18.9 Å². The van der Waals surface area contributed by atoms with Crippen molar-refractivity contribution in [2.75, 3.05) is 27.3 Å². The molecule has 0 spiro atoms. The van der Waals surface area contributed by atoms with E-state index < -0.39 is 4.92 Å². The van der Waals surface area contributed by atoms with Gasteiger partial charge in [0.25, 0.3) is 5.69 Å². The molecule has 0 saturated heterocycles. The van der Waals surface area contributed by atoms with Gasteiger partial charge in [0.05, 0.1) is 19.1 Å². The van der Waals surface area contributed by atoms with Crippen LogP contribution in [0.25, 0.3) is 11.4 Å². The Morgan fingerprint density at radius 2 is 1.62 bits per heavy atom. The van der Waals surface area contributed by atoms with Crippen molar-refractivity contribution in [3.05, 3.63) is 99.9 Å². The van der Waals surface area contributed by atoms with Crippen molar-refractivity contribution < 1.29 is 23.7 Å². The van der Waals surface area contributed by atoms with E-state index in [1.54, 1.807) is 26.4 Å². The second-order valence-corrected chi connectivity index (χ2v) is 8.87. The third kappa shape index (κ3) is 7.41. The zero-order valence-electron chi connectivity index (χ0n) is 21.9. The lowest BCUT2D eigenvalue weighted by Gasteiger charge is -2.22. The van der Waals surface area contributed by atoms with Crippen LogP contribution in [-0.2, 0) is 24.1 Å². The van der Waals surface area contributed by atoms with Gasteiger partial charge in [0.1, 0.15) is 0 Å². The highest BCUT2D eigenvalue weighted by Gasteiger charge is 2.17. The molecular formula is C29H30N4O6. The van der Waals surface area contributed by atoms with Crippen LogP contribution in [0.2, 0.25) is 0 Å². The lowest BCUT2D eigenvalue weighted by Crippen LogP contribution is -2.35. The first-order valence-corrected chi connectivity index (χ1v) is 12.6. The number of ether oxygens (including phenoxy) is 2. The lowest BCUT2D eigenvalue weighted by molar-refractivity contribution is -0.384. The minimum Gasteiger partial charge on any atom is -0.493 e. The number of non-ortho nitro benzene ring substituents is 1. The third-order valence-corrected chi connectivity index (χ3v) is 6.34. The highest BCUT2D eigenvalue weighted by Crippen LogP contribution is 2.28. The molecule has 3 aromatic carbocycles. The number of rotatable bonds is 13. The SMILES string of the molecule is COc1ccc(CCN(CCc2nc(-c3ccc([N+](=O)[O-])cc3)no2)C(=O)CCc2ccccc2)cc1OC. The van der Waals surface area contributed by atoms with Crippen molar-refractivity contribution in [2.45, 2.75) is 25.7 Å². The van der Waals surface area contributed by atoms with Crippen LogP contribution in [0.3, 0.4) is 0 Å². The maximum Gasteiger partial charge on any atom is 0.269 e. The second kappa shape index (κ2) is 13.2. The summed E-state index contributed by atoms with van der Waals surface area (Å²) in [5.41, 5.74) is 2.73. The average Bonchev–Trinajstić information content (AvgIpc) is 3.45. The molecule has 0 unspecified atom stereocenters. The van der Waals surface area contributed by atoms with E-state index in [9.17, 15) is 14.9 Å². The molecule has 0 saturated carbocycles. The summed E-state index contributed by atoms with van der Waals surface area (Å²) in [6.07, 6.45) is 2.05. The predicted octanol–water partition coefficient (Wildman–Crippen LogP) is 4.91. The van der Waals surface area contributed by atoms with Gasteiger partial charge in [-0.05, 0) is 48.2 Å². The van der Waals surface area contributed by atoms with E-state index in [1.165, 1.54) is 12.1 Å². The summed E-state index contributed by atoms with van der Waals surface area (Å²) in [5, 5.41) is 14.9. The molecule has 0 fully saturated rings. The zero-order valence-corrected chi connectivity index (χ0v) is 21.9. The number of methoxy groups -OCH3 is 2. The fourth-order valence-electron chi connectivity index (χ4n) is 4.15. The van der Waals surface area contributed by atoms with Crippen LogP contribution in [-0.4, -0.2) is 53.2 Å². The van der Waals surface area contributed by atoms with Crippen LogP contribution in [0.4, 0.5) is 5.69 Å². The van der Waals surface area contributed by atoms with Crippen LogP contribution < -0.4 is 9.47 Å². The summed E-state index contributed by atoms with van der Waals surface area (Å²) >= 11 is 0. The first-order valence-electron chi connectivity index (χ1n) is 12.6. The Labute approximate surface area is 226 Å². The zero-order chi connectivity index (χ0) is 27.6. The molecule has 4 rings (SSSR count). The largest absolute Gasteiger partial charge is 0.493 e. The van der Waals surface area contributed by atoms with Gasteiger partial charge in [-0.3, -0.25) is 14.9 Å². The Kier molecular flexibility index (Phi) is 9.23. The van der Waals surface area contributed by atoms with Gasteiger partial charge in [-0.25, -0.2) is 0 Å². The molecule has 0 aliphatic heterocycles. The maximum absolute atomic E-state index is 13.3. The number of amides is 1. The minimum absolute atomic E-state index is 0.0124. The molecule has 0 bridgehead atoms. The molecule has 0 radical (unpaired) electrons. The van der Waals surface area contributed by atoms with Crippen molar-refractivity contribution in [1.29, 1.82) is 0 Å². The van der Waals surface area contributed by atoms with E-state index >= 15 is 0 Å². The summed E-state index contributed by atoms with van der Waals surface area (Å²) in [6, 6.07) is 21.6. The Hall–Kier alpha value is -4.73. The number of aromatic nitrogens is 2. The van der Waals surface area contributed by atoms with E-state index in [4.69, 9.17) is 14.0 Å². The summed E-state index contributed by atoms with van der Waals surface area (Å²) in [7, 11) is 3.19. The fraction of sp³-hybridized carbons (Fsp3) is 0.276. The highest BCUT2D eigenvalue weighted by molar-refractivity contribution is 5.76. The highest BCUT2D eigenvalue weighted by atomic mass is 16.6. The Morgan fingerprint density at radius 3 is 2.31 bits per heavy atom. The second-order valence-electron chi connectivity index (χ2n) is 8.87. The van der Waals surface area contributed by atoms with Crippen LogP contribution >= 0.6 is 0 Å². The molecule has 10 nitrogen and oxygen atoms in total. The molecule has 1 heterocycles. The fourth-order valence-corrected chi connectivity index (χ4v) is 4.15. The molecular weight excluding hydrogens is 500 g/mol. The van der Waals surface area contributed by atoms with Gasteiger partial charge in [-0.1, -0.05) is 41.6 Å². The standard InChI is InChI=1S/C29H30N4O6/c1-37-25-14-8-22(20-26(25)38-2)16-18-32(28(34)15-9-21-6-4-3-5-7-21)19-17-27-30-29(31-39-27)23-10-12-24(13-11-23)33(35)36/h3-8,10-14,20H,9,15-19H2,1-2H3. The molecule has 0 aliphatic rings. The maximum atomic E-state index is 13.3. The Bertz CT molecular complexity index is 1390. The van der Waals surface area contributed by atoms with Crippen LogP contribution in [0.5, 0.6) is 11.5 Å². The number of nitrogens with zero attached hydrogens (tertiary/aromatic N) is 4. The summed E-state index contributed by atoms with van der Waals surface area (Å²) in [4.78, 5) is 29.9. The van der Waals surface area contributed by atoms with Crippen LogP contribution in [0.1, 0.15) is 23.4 Å². The number of benzene rings is 3. The van der Waals surface area contributed by atoms with Crippen LogP contribution in [0.15, 0.2) is 77.3 Å². The van der Waals surface area contributed by atoms with Crippen molar-refractivity contribution in [3.8, 4) is 22.9 Å². The molecule has 202 valence electrons. The lowest BCUT2D eigenvalue weighted by atomic mass is 10.1. The van der Waals surface area contributed by atoms with Gasteiger partial charge in [0.15, 0.2) is 11.5 Å². The Balaban J connectivity index is 1.43. The third-order valence-electron chi connectivity index (χ3n) is 6.34. The number of hydrogen-bond donors (Lipinski definition) is 0. The molecule has 0 atom stereocenters. The van der Waals surface area contributed by atoms with Gasteiger partial charge in [-0.15, -0.1) is 0 Å². The normalized spacial score (nSPS) is 10.7. The smallest absolute Gasteiger partial charge is 0.269 e. The molecule has 0 aliphatic carbocycles. The van der Waals surface area contributed by atoms with E-state index in [1.807, 2.05) is 53.4 Å². The van der Waals surface area contributed by atoms with E-state index in [0.717, 1.165) is 11.1 Å². The first-order chi connectivity index (χ1) is 19.0. The molecule has 10 heteroatoms. The van der Waals surface area contributed by atoms with Gasteiger partial charge in [-0.2, -0.15) is 4.98 Å². The quantitative estimate of drug-likeness (QED) is 0.177. The molecule has 4 aromatic rings. The van der Waals surface area contributed by atoms with Crippen molar-refractivity contribution in [3.63, 3.8) is 0 Å². The van der Waals surface area contributed by atoms with Gasteiger partial charge in [0, 0.05) is 43.6 Å². The molecule has 1 aromatic heterocycles. The number of carbonyl (C=O) groups is 1. The number of nitro benzene ring substituents is 1. The predicted molar refractivity (Wildman–Crippen MR) is 145 cm³/mol. The van der Waals surface area contributed by atoms with E-state index in [-0.39, 0.29) is 11.6 Å². The van der Waals surface area contributed by atoms with E-state index in [0.29, 0.717) is 67.6 Å². The van der Waals surface area contributed by atoms with Gasteiger partial charge in [0.2, 0.25) is 17.6 Å². The summed E-state index contributed by atoms with van der Waals surface area (Å²) in [6.45, 7) is 0.912. The average molecular weight is 531 g/mol. The monoisotopic (exact) mass is 530 g/mol. The Morgan fingerprint density at radius 1 is 0.897 bits per heavy atom. The minimum atomic E-state index is -0.461. The molecule has 39 heavy (non-hydrogen) atoms. The van der Waals surface area contributed by atoms with Crippen molar-refractivity contribution >= 4 is 11.6 Å².